The van der Waals surface area contributed by atoms with Gasteiger partial charge in [-0.1, -0.05) is 49.1 Å². The van der Waals surface area contributed by atoms with Crippen molar-refractivity contribution >= 4 is 23.5 Å². The maximum absolute atomic E-state index is 12.6. The molecule has 1 aliphatic heterocycles. The molecular formula is C22H26ClN3O3. The first-order chi connectivity index (χ1) is 14.0. The molecule has 2 atom stereocenters. The van der Waals surface area contributed by atoms with Crippen molar-refractivity contribution in [2.75, 3.05) is 19.7 Å². The van der Waals surface area contributed by atoms with E-state index in [-0.39, 0.29) is 23.2 Å². The minimum Gasteiger partial charge on any atom is -0.452 e. The minimum atomic E-state index is -0.615. The van der Waals surface area contributed by atoms with Crippen LogP contribution in [0.4, 0.5) is 0 Å². The number of aromatic nitrogens is 2. The second kappa shape index (κ2) is 8.57. The SMILES string of the molecule is Cc1nn(-c2ccccc2)c(Cl)c1C(=O)OCC(=O)N1CC[C@@H]2CCCC[C@@H]2C1. The Morgan fingerprint density at radius 2 is 1.86 bits per heavy atom. The van der Waals surface area contributed by atoms with Crippen molar-refractivity contribution in [1.82, 2.24) is 14.7 Å². The van der Waals surface area contributed by atoms with E-state index in [0.29, 0.717) is 11.6 Å². The Morgan fingerprint density at radius 3 is 2.62 bits per heavy atom. The van der Waals surface area contributed by atoms with Gasteiger partial charge in [0.2, 0.25) is 0 Å². The lowest BCUT2D eigenvalue weighted by Crippen LogP contribution is -2.46. The number of hydrogen-bond donors (Lipinski definition) is 0. The Balaban J connectivity index is 1.39. The largest absolute Gasteiger partial charge is 0.452 e. The number of rotatable bonds is 4. The molecule has 4 rings (SSSR count). The van der Waals surface area contributed by atoms with Crippen molar-refractivity contribution in [3.05, 3.63) is 46.7 Å². The van der Waals surface area contributed by atoms with E-state index in [0.717, 1.165) is 31.1 Å². The lowest BCUT2D eigenvalue weighted by molar-refractivity contribution is -0.137. The Morgan fingerprint density at radius 1 is 1.14 bits per heavy atom. The number of aryl methyl sites for hydroxylation is 1. The Labute approximate surface area is 175 Å². The molecule has 154 valence electrons. The van der Waals surface area contributed by atoms with Crippen LogP contribution in [0.3, 0.4) is 0 Å². The maximum Gasteiger partial charge on any atom is 0.343 e. The minimum absolute atomic E-state index is 0.133. The fourth-order valence-corrected chi connectivity index (χ4v) is 4.94. The van der Waals surface area contributed by atoms with Gasteiger partial charge in [0.05, 0.1) is 11.4 Å². The summed E-state index contributed by atoms with van der Waals surface area (Å²) >= 11 is 6.40. The van der Waals surface area contributed by atoms with E-state index in [4.69, 9.17) is 16.3 Å². The van der Waals surface area contributed by atoms with Crippen molar-refractivity contribution in [3.8, 4) is 5.69 Å². The molecule has 2 aromatic rings. The number of para-hydroxylation sites is 1. The highest BCUT2D eigenvalue weighted by molar-refractivity contribution is 6.33. The zero-order valence-corrected chi connectivity index (χ0v) is 17.4. The van der Waals surface area contributed by atoms with Gasteiger partial charge >= 0.3 is 5.97 Å². The highest BCUT2D eigenvalue weighted by Crippen LogP contribution is 2.36. The number of piperidine rings is 1. The summed E-state index contributed by atoms with van der Waals surface area (Å²) < 4.78 is 6.83. The van der Waals surface area contributed by atoms with Crippen molar-refractivity contribution in [1.29, 1.82) is 0 Å². The van der Waals surface area contributed by atoms with E-state index in [1.165, 1.54) is 30.4 Å². The van der Waals surface area contributed by atoms with Crippen LogP contribution in [0.5, 0.6) is 0 Å². The summed E-state index contributed by atoms with van der Waals surface area (Å²) in [5, 5.41) is 4.54. The summed E-state index contributed by atoms with van der Waals surface area (Å²) in [4.78, 5) is 27.1. The normalized spacial score (nSPS) is 21.5. The Hall–Kier alpha value is -2.34. The number of carbonyl (C=O) groups excluding carboxylic acids is 2. The van der Waals surface area contributed by atoms with Crippen LogP contribution in [-0.4, -0.2) is 46.3 Å². The number of nitrogens with zero attached hydrogens (tertiary/aromatic N) is 3. The zero-order valence-electron chi connectivity index (χ0n) is 16.6. The highest BCUT2D eigenvalue weighted by atomic mass is 35.5. The molecule has 0 spiro atoms. The summed E-state index contributed by atoms with van der Waals surface area (Å²) in [7, 11) is 0. The first-order valence-corrected chi connectivity index (χ1v) is 10.7. The van der Waals surface area contributed by atoms with Gasteiger partial charge in [-0.05, 0) is 43.7 Å². The van der Waals surface area contributed by atoms with Crippen LogP contribution < -0.4 is 0 Å². The molecule has 1 saturated heterocycles. The molecule has 0 unspecified atom stereocenters. The number of ether oxygens (including phenoxy) is 1. The number of benzene rings is 1. The smallest absolute Gasteiger partial charge is 0.343 e. The molecule has 2 heterocycles. The number of fused-ring (bicyclic) bond motifs is 1. The number of amides is 1. The summed E-state index contributed by atoms with van der Waals surface area (Å²) in [5.41, 5.74) is 1.43. The average Bonchev–Trinajstić information content (AvgIpc) is 3.06. The number of hydrogen-bond acceptors (Lipinski definition) is 4. The van der Waals surface area contributed by atoms with E-state index in [9.17, 15) is 9.59 Å². The average molecular weight is 416 g/mol. The molecule has 0 radical (unpaired) electrons. The predicted molar refractivity (Wildman–Crippen MR) is 110 cm³/mol. The third-order valence-corrected chi connectivity index (χ3v) is 6.53. The summed E-state index contributed by atoms with van der Waals surface area (Å²) in [6, 6.07) is 9.34. The number of esters is 1. The molecule has 1 aromatic heterocycles. The molecule has 6 nitrogen and oxygen atoms in total. The van der Waals surface area contributed by atoms with Crippen LogP contribution in [-0.2, 0) is 9.53 Å². The number of halogens is 1. The second-order valence-electron chi connectivity index (χ2n) is 8.01. The topological polar surface area (TPSA) is 64.4 Å². The fourth-order valence-electron chi connectivity index (χ4n) is 4.59. The second-order valence-corrected chi connectivity index (χ2v) is 8.37. The lowest BCUT2D eigenvalue weighted by Gasteiger charge is -2.41. The van der Waals surface area contributed by atoms with Crippen LogP contribution in [0.1, 0.15) is 48.2 Å². The number of carbonyl (C=O) groups is 2. The molecule has 1 saturated carbocycles. The maximum atomic E-state index is 12.6. The van der Waals surface area contributed by atoms with Gasteiger partial charge < -0.3 is 9.64 Å². The molecule has 1 aromatic carbocycles. The van der Waals surface area contributed by atoms with Crippen molar-refractivity contribution in [2.45, 2.75) is 39.0 Å². The zero-order chi connectivity index (χ0) is 20.4. The van der Waals surface area contributed by atoms with Gasteiger partial charge in [0.15, 0.2) is 6.61 Å². The molecule has 0 bridgehead atoms. The van der Waals surface area contributed by atoms with Crippen molar-refractivity contribution in [2.24, 2.45) is 11.8 Å². The molecule has 7 heteroatoms. The van der Waals surface area contributed by atoms with E-state index in [1.807, 2.05) is 35.2 Å². The van der Waals surface area contributed by atoms with E-state index >= 15 is 0 Å². The van der Waals surface area contributed by atoms with E-state index in [1.54, 1.807) is 6.92 Å². The molecule has 0 N–H and O–H groups in total. The van der Waals surface area contributed by atoms with E-state index < -0.39 is 5.97 Å². The summed E-state index contributed by atoms with van der Waals surface area (Å²) in [5.74, 6) is 0.598. The van der Waals surface area contributed by atoms with Crippen LogP contribution in [0.25, 0.3) is 5.69 Å². The summed E-state index contributed by atoms with van der Waals surface area (Å²) in [6.07, 6.45) is 6.09. The van der Waals surface area contributed by atoms with Gasteiger partial charge in [-0.15, -0.1) is 0 Å². The van der Waals surface area contributed by atoms with E-state index in [2.05, 4.69) is 5.10 Å². The lowest BCUT2D eigenvalue weighted by atomic mass is 9.75. The van der Waals surface area contributed by atoms with Crippen LogP contribution >= 0.6 is 11.6 Å². The van der Waals surface area contributed by atoms with Crippen LogP contribution in [0, 0.1) is 18.8 Å². The molecular weight excluding hydrogens is 390 g/mol. The first kappa shape index (κ1) is 20.0. The van der Waals surface area contributed by atoms with Gasteiger partial charge in [0, 0.05) is 13.1 Å². The van der Waals surface area contributed by atoms with Gasteiger partial charge in [-0.2, -0.15) is 5.10 Å². The van der Waals surface area contributed by atoms with Gasteiger partial charge in [-0.3, -0.25) is 4.79 Å². The van der Waals surface area contributed by atoms with Crippen molar-refractivity contribution < 1.29 is 14.3 Å². The fraction of sp³-hybridized carbons (Fsp3) is 0.500. The predicted octanol–water partition coefficient (Wildman–Crippen LogP) is 4.03. The molecule has 1 amide bonds. The highest BCUT2D eigenvalue weighted by Gasteiger charge is 2.33. The monoisotopic (exact) mass is 415 g/mol. The first-order valence-electron chi connectivity index (χ1n) is 10.3. The van der Waals surface area contributed by atoms with Crippen LogP contribution in [0.2, 0.25) is 5.15 Å². The molecule has 29 heavy (non-hydrogen) atoms. The number of likely N-dealkylation sites (tertiary alicyclic amines) is 1. The van der Waals surface area contributed by atoms with Gasteiger partial charge in [-0.25, -0.2) is 9.48 Å². The van der Waals surface area contributed by atoms with Crippen molar-refractivity contribution in [3.63, 3.8) is 0 Å². The quantitative estimate of drug-likeness (QED) is 0.707. The summed E-state index contributed by atoms with van der Waals surface area (Å²) in [6.45, 7) is 2.98. The van der Waals surface area contributed by atoms with Gasteiger partial charge in [0.25, 0.3) is 5.91 Å². The van der Waals surface area contributed by atoms with Crippen LogP contribution in [0.15, 0.2) is 30.3 Å². The standard InChI is InChI=1S/C22H26ClN3O3/c1-15-20(21(23)26(24-15)18-9-3-2-4-10-18)22(28)29-14-19(27)25-12-11-16-7-5-6-8-17(16)13-25/h2-4,9-10,16-17H,5-8,11-14H2,1H3/t16-,17+/m0/s1. The Kier molecular flexibility index (Phi) is 5.90. The third kappa shape index (κ3) is 4.17. The molecule has 1 aliphatic carbocycles. The Bertz CT molecular complexity index is 896. The molecule has 2 aliphatic rings. The third-order valence-electron chi connectivity index (χ3n) is 6.18. The molecule has 2 fully saturated rings. The van der Waals surface area contributed by atoms with Gasteiger partial charge in [0.1, 0.15) is 10.7 Å².